The molecular weight excluding hydrogens is 429 g/mol. The lowest BCUT2D eigenvalue weighted by Gasteiger charge is -2.34. The summed E-state index contributed by atoms with van der Waals surface area (Å²) in [6.45, 7) is 2.83. The van der Waals surface area contributed by atoms with Crippen molar-refractivity contribution in [1.29, 1.82) is 0 Å². The van der Waals surface area contributed by atoms with Crippen LogP contribution in [0.25, 0.3) is 0 Å². The van der Waals surface area contributed by atoms with Crippen LogP contribution in [0.1, 0.15) is 16.1 Å². The van der Waals surface area contributed by atoms with E-state index in [9.17, 15) is 22.8 Å². The molecule has 2 saturated heterocycles. The highest BCUT2D eigenvalue weighted by atomic mass is 19.4. The number of hydrogen-bond acceptors (Lipinski definition) is 5. The van der Waals surface area contributed by atoms with Gasteiger partial charge in [-0.05, 0) is 30.3 Å². The van der Waals surface area contributed by atoms with E-state index < -0.39 is 17.8 Å². The summed E-state index contributed by atoms with van der Waals surface area (Å²) in [5, 5.41) is 2.39. The zero-order chi connectivity index (χ0) is 22.7. The second-order valence-electron chi connectivity index (χ2n) is 7.51. The van der Waals surface area contributed by atoms with Gasteiger partial charge in [0.25, 0.3) is 5.91 Å². The van der Waals surface area contributed by atoms with Gasteiger partial charge in [0.1, 0.15) is 0 Å². The van der Waals surface area contributed by atoms with Gasteiger partial charge in [-0.1, -0.05) is 0 Å². The normalized spacial score (nSPS) is 17.4. The molecule has 11 heteroatoms. The summed E-state index contributed by atoms with van der Waals surface area (Å²) < 4.78 is 51.5. The van der Waals surface area contributed by atoms with Crippen LogP contribution in [0.5, 0.6) is 0 Å². The molecule has 2 aromatic rings. The van der Waals surface area contributed by atoms with Crippen molar-refractivity contribution in [2.45, 2.75) is 6.18 Å². The first-order chi connectivity index (χ1) is 15.3. The minimum Gasteiger partial charge on any atom is -0.459 e. The molecule has 0 radical (unpaired) electrons. The maximum Gasteiger partial charge on any atom is 0.418 e. The minimum absolute atomic E-state index is 0.200. The number of urea groups is 1. The van der Waals surface area contributed by atoms with E-state index in [4.69, 9.17) is 9.15 Å². The monoisotopic (exact) mass is 452 g/mol. The van der Waals surface area contributed by atoms with E-state index in [0.717, 1.165) is 6.07 Å². The fraction of sp³-hybridized carbons (Fsp3) is 0.429. The molecule has 0 saturated carbocycles. The van der Waals surface area contributed by atoms with Crippen molar-refractivity contribution in [3.05, 3.63) is 47.9 Å². The SMILES string of the molecule is O=C(Nc1ccc(N2CCOCC2)cc1C(F)(F)F)N1CCN(C(=O)c2ccco2)CC1. The van der Waals surface area contributed by atoms with Crippen molar-refractivity contribution >= 4 is 23.3 Å². The Morgan fingerprint density at radius 1 is 0.938 bits per heavy atom. The van der Waals surface area contributed by atoms with Gasteiger partial charge in [0, 0.05) is 45.0 Å². The first kappa shape index (κ1) is 22.0. The molecule has 172 valence electrons. The molecule has 3 amide bonds. The Labute approximate surface area is 182 Å². The lowest BCUT2D eigenvalue weighted by Crippen LogP contribution is -2.51. The molecule has 3 heterocycles. The summed E-state index contributed by atoms with van der Waals surface area (Å²) in [6, 6.07) is 6.43. The summed E-state index contributed by atoms with van der Waals surface area (Å²) in [6.07, 6.45) is -3.22. The molecule has 8 nitrogen and oxygen atoms in total. The molecule has 2 fully saturated rings. The second-order valence-corrected chi connectivity index (χ2v) is 7.51. The van der Waals surface area contributed by atoms with Gasteiger partial charge in [0.2, 0.25) is 0 Å². The van der Waals surface area contributed by atoms with Crippen LogP contribution in [0.4, 0.5) is 29.3 Å². The highest BCUT2D eigenvalue weighted by Gasteiger charge is 2.35. The molecule has 4 rings (SSSR count). The van der Waals surface area contributed by atoms with Crippen molar-refractivity contribution in [1.82, 2.24) is 9.80 Å². The van der Waals surface area contributed by atoms with Gasteiger partial charge in [-0.2, -0.15) is 13.2 Å². The van der Waals surface area contributed by atoms with Gasteiger partial charge in [-0.15, -0.1) is 0 Å². The van der Waals surface area contributed by atoms with Crippen molar-refractivity contribution in [2.75, 3.05) is 62.7 Å². The maximum atomic E-state index is 13.7. The van der Waals surface area contributed by atoms with Crippen molar-refractivity contribution < 1.29 is 31.9 Å². The van der Waals surface area contributed by atoms with E-state index in [0.29, 0.717) is 32.0 Å². The van der Waals surface area contributed by atoms with Crippen LogP contribution < -0.4 is 10.2 Å². The molecule has 0 spiro atoms. The van der Waals surface area contributed by atoms with Gasteiger partial charge in [-0.3, -0.25) is 4.79 Å². The Morgan fingerprint density at radius 3 is 2.25 bits per heavy atom. The third-order valence-corrected chi connectivity index (χ3v) is 5.51. The summed E-state index contributed by atoms with van der Waals surface area (Å²) in [4.78, 5) is 29.7. The maximum absolute atomic E-state index is 13.7. The Bertz CT molecular complexity index is 950. The van der Waals surface area contributed by atoms with Gasteiger partial charge in [0.15, 0.2) is 5.76 Å². The quantitative estimate of drug-likeness (QED) is 0.775. The predicted octanol–water partition coefficient (Wildman–Crippen LogP) is 3.12. The van der Waals surface area contributed by atoms with E-state index in [1.165, 1.54) is 17.2 Å². The number of furan rings is 1. The number of anilines is 2. The smallest absolute Gasteiger partial charge is 0.418 e. The van der Waals surface area contributed by atoms with Gasteiger partial charge < -0.3 is 29.2 Å². The largest absolute Gasteiger partial charge is 0.459 e. The number of carbonyl (C=O) groups is 2. The van der Waals surface area contributed by atoms with Gasteiger partial charge in [0.05, 0.1) is 30.7 Å². The Hall–Kier alpha value is -3.21. The number of amides is 3. The molecule has 0 bridgehead atoms. The van der Waals surface area contributed by atoms with E-state index in [1.54, 1.807) is 23.1 Å². The fourth-order valence-electron chi connectivity index (χ4n) is 3.76. The molecule has 0 unspecified atom stereocenters. The molecule has 1 aromatic carbocycles. The first-order valence-electron chi connectivity index (χ1n) is 10.3. The second kappa shape index (κ2) is 9.11. The van der Waals surface area contributed by atoms with Gasteiger partial charge >= 0.3 is 12.2 Å². The molecule has 2 aliphatic heterocycles. The number of nitrogens with one attached hydrogen (secondary N) is 1. The van der Waals surface area contributed by atoms with Crippen LogP contribution in [0.2, 0.25) is 0 Å². The topological polar surface area (TPSA) is 78.3 Å². The van der Waals surface area contributed by atoms with Crippen LogP contribution in [0, 0.1) is 0 Å². The molecule has 32 heavy (non-hydrogen) atoms. The number of hydrogen-bond donors (Lipinski definition) is 1. The molecule has 0 atom stereocenters. The number of carbonyl (C=O) groups excluding carboxylic acids is 2. The number of piperazine rings is 1. The molecule has 2 aliphatic rings. The van der Waals surface area contributed by atoms with E-state index >= 15 is 0 Å². The van der Waals surface area contributed by atoms with Crippen molar-refractivity contribution in [3.8, 4) is 0 Å². The van der Waals surface area contributed by atoms with Crippen LogP contribution in [0.15, 0.2) is 41.0 Å². The van der Waals surface area contributed by atoms with E-state index in [1.807, 2.05) is 4.90 Å². The van der Waals surface area contributed by atoms with Crippen LogP contribution >= 0.6 is 0 Å². The highest BCUT2D eigenvalue weighted by molar-refractivity contribution is 5.93. The van der Waals surface area contributed by atoms with Gasteiger partial charge in [-0.25, -0.2) is 4.79 Å². The lowest BCUT2D eigenvalue weighted by molar-refractivity contribution is -0.136. The summed E-state index contributed by atoms with van der Waals surface area (Å²) in [5.74, 6) is -0.0776. The number of alkyl halides is 3. The average molecular weight is 452 g/mol. The summed E-state index contributed by atoms with van der Waals surface area (Å²) in [5.41, 5.74) is -0.765. The molecule has 1 aromatic heterocycles. The number of halogens is 3. The van der Waals surface area contributed by atoms with Crippen LogP contribution in [0.3, 0.4) is 0 Å². The third kappa shape index (κ3) is 4.82. The summed E-state index contributed by atoms with van der Waals surface area (Å²) in [7, 11) is 0. The predicted molar refractivity (Wildman–Crippen MR) is 110 cm³/mol. The first-order valence-corrected chi connectivity index (χ1v) is 10.3. The molecule has 1 N–H and O–H groups in total. The Kier molecular flexibility index (Phi) is 6.26. The van der Waals surface area contributed by atoms with Crippen LogP contribution in [-0.4, -0.2) is 74.2 Å². The number of ether oxygens (including phenoxy) is 1. The summed E-state index contributed by atoms with van der Waals surface area (Å²) >= 11 is 0. The number of morpholine rings is 1. The van der Waals surface area contributed by atoms with Crippen molar-refractivity contribution in [2.24, 2.45) is 0 Å². The van der Waals surface area contributed by atoms with E-state index in [2.05, 4.69) is 5.32 Å². The standard InChI is InChI=1S/C21H23F3N4O4/c22-21(23,24)16-14-15(26-9-12-31-13-10-26)3-4-17(16)25-20(30)28-7-5-27(6-8-28)19(29)18-2-1-11-32-18/h1-4,11,14H,5-10,12-13H2,(H,25,30). The third-order valence-electron chi connectivity index (χ3n) is 5.51. The highest BCUT2D eigenvalue weighted by Crippen LogP contribution is 2.37. The lowest BCUT2D eigenvalue weighted by atomic mass is 10.1. The zero-order valence-electron chi connectivity index (χ0n) is 17.2. The van der Waals surface area contributed by atoms with E-state index in [-0.39, 0.29) is 43.5 Å². The van der Waals surface area contributed by atoms with Crippen LogP contribution in [-0.2, 0) is 10.9 Å². The average Bonchev–Trinajstić information content (AvgIpc) is 3.34. The molecular formula is C21H23F3N4O4. The molecule has 0 aliphatic carbocycles. The Morgan fingerprint density at radius 2 is 1.62 bits per heavy atom. The minimum atomic E-state index is -4.63. The number of nitrogens with zero attached hydrogens (tertiary/aromatic N) is 3. The van der Waals surface area contributed by atoms with Crippen molar-refractivity contribution in [3.63, 3.8) is 0 Å². The fourth-order valence-corrected chi connectivity index (χ4v) is 3.76. The zero-order valence-corrected chi connectivity index (χ0v) is 17.2. The number of rotatable bonds is 3. The number of benzene rings is 1. The Balaban J connectivity index is 1.42.